The van der Waals surface area contributed by atoms with Gasteiger partial charge in [0.05, 0.1) is 26.3 Å². The summed E-state index contributed by atoms with van der Waals surface area (Å²) in [7, 11) is 2.98. The maximum Gasteiger partial charge on any atom is 0.349 e. The smallest absolute Gasteiger partial charge is 0.349 e. The molecule has 0 unspecified atom stereocenters. The van der Waals surface area contributed by atoms with E-state index in [2.05, 4.69) is 20.6 Å². The van der Waals surface area contributed by atoms with E-state index in [0.717, 1.165) is 0 Å². The van der Waals surface area contributed by atoms with Crippen LogP contribution in [0.1, 0.15) is 20.8 Å². The van der Waals surface area contributed by atoms with E-state index in [1.54, 1.807) is 36.4 Å². The SMILES string of the molecule is COc1cc2nc(=O)n(CCNC(=O)c3cc4cc(C(=O)NCCO)ccc4[nH]3)c(N)c2cc1OC. The molecule has 188 valence electrons. The Morgan fingerprint density at radius 3 is 2.50 bits per heavy atom. The number of carbonyl (C=O) groups excluding carboxylic acids is 2. The van der Waals surface area contributed by atoms with Crippen molar-refractivity contribution in [3.63, 3.8) is 0 Å². The molecule has 0 fully saturated rings. The number of ether oxygens (including phenoxy) is 2. The molecule has 12 heteroatoms. The van der Waals surface area contributed by atoms with Gasteiger partial charge in [-0.3, -0.25) is 14.2 Å². The number of hydrogen-bond acceptors (Lipinski definition) is 8. The Morgan fingerprint density at radius 1 is 1.06 bits per heavy atom. The highest BCUT2D eigenvalue weighted by Gasteiger charge is 2.15. The fourth-order valence-corrected chi connectivity index (χ4v) is 3.84. The number of aliphatic hydroxyl groups excluding tert-OH is 1. The van der Waals surface area contributed by atoms with Gasteiger partial charge in [0.2, 0.25) is 0 Å². The lowest BCUT2D eigenvalue weighted by atomic mass is 10.1. The molecule has 0 radical (unpaired) electrons. The van der Waals surface area contributed by atoms with E-state index in [1.165, 1.54) is 18.8 Å². The van der Waals surface area contributed by atoms with Gasteiger partial charge >= 0.3 is 5.69 Å². The topological polar surface area (TPSA) is 174 Å². The molecular formula is C24H26N6O6. The molecule has 4 rings (SSSR count). The molecule has 0 saturated carbocycles. The van der Waals surface area contributed by atoms with Crippen molar-refractivity contribution < 1.29 is 24.2 Å². The van der Waals surface area contributed by atoms with Crippen molar-refractivity contribution in [2.24, 2.45) is 0 Å². The summed E-state index contributed by atoms with van der Waals surface area (Å²) >= 11 is 0. The molecule has 0 aliphatic heterocycles. The molecule has 2 amide bonds. The molecule has 2 aromatic heterocycles. The van der Waals surface area contributed by atoms with Crippen LogP contribution in [-0.2, 0) is 6.54 Å². The Kier molecular flexibility index (Phi) is 7.06. The molecule has 0 aliphatic carbocycles. The Morgan fingerprint density at radius 2 is 1.78 bits per heavy atom. The minimum atomic E-state index is -0.556. The molecular weight excluding hydrogens is 468 g/mol. The van der Waals surface area contributed by atoms with E-state index in [9.17, 15) is 14.4 Å². The largest absolute Gasteiger partial charge is 0.493 e. The Bertz CT molecular complexity index is 1510. The first-order chi connectivity index (χ1) is 17.4. The van der Waals surface area contributed by atoms with Crippen LogP contribution in [0, 0.1) is 0 Å². The summed E-state index contributed by atoms with van der Waals surface area (Å²) in [6.45, 7) is 0.217. The summed E-state index contributed by atoms with van der Waals surface area (Å²) in [6, 6.07) is 9.83. The van der Waals surface area contributed by atoms with Gasteiger partial charge in [-0.05, 0) is 30.3 Å². The molecule has 0 bridgehead atoms. The lowest BCUT2D eigenvalue weighted by molar-refractivity contribution is 0.0938. The van der Waals surface area contributed by atoms with E-state index in [4.69, 9.17) is 20.3 Å². The third-order valence-corrected chi connectivity index (χ3v) is 5.66. The maximum absolute atomic E-state index is 12.7. The van der Waals surface area contributed by atoms with Crippen LogP contribution in [0.2, 0.25) is 0 Å². The molecule has 2 heterocycles. The average molecular weight is 495 g/mol. The number of H-pyrrole nitrogens is 1. The lowest BCUT2D eigenvalue weighted by Crippen LogP contribution is -2.33. The van der Waals surface area contributed by atoms with Crippen molar-refractivity contribution in [1.82, 2.24) is 25.2 Å². The number of fused-ring (bicyclic) bond motifs is 2. The summed E-state index contributed by atoms with van der Waals surface area (Å²) in [4.78, 5) is 44.4. The number of anilines is 1. The van der Waals surface area contributed by atoms with Crippen LogP contribution in [0.15, 0.2) is 41.2 Å². The summed E-state index contributed by atoms with van der Waals surface area (Å²) < 4.78 is 11.8. The Balaban J connectivity index is 1.48. The first-order valence-corrected chi connectivity index (χ1v) is 11.1. The van der Waals surface area contributed by atoms with E-state index in [-0.39, 0.29) is 43.9 Å². The summed E-state index contributed by atoms with van der Waals surface area (Å²) in [5.41, 5.74) is 7.45. The van der Waals surface area contributed by atoms with Crippen molar-refractivity contribution >= 4 is 39.4 Å². The molecule has 12 nitrogen and oxygen atoms in total. The van der Waals surface area contributed by atoms with Gasteiger partial charge in [-0.2, -0.15) is 4.98 Å². The predicted octanol–water partition coefficient (Wildman–Crippen LogP) is 0.629. The number of aromatic nitrogens is 3. The van der Waals surface area contributed by atoms with Crippen LogP contribution >= 0.6 is 0 Å². The van der Waals surface area contributed by atoms with Crippen LogP contribution in [-0.4, -0.2) is 65.4 Å². The van der Waals surface area contributed by atoms with Crippen molar-refractivity contribution in [2.45, 2.75) is 6.54 Å². The quantitative estimate of drug-likeness (QED) is 0.225. The van der Waals surface area contributed by atoms with Crippen LogP contribution in [0.4, 0.5) is 5.82 Å². The molecule has 36 heavy (non-hydrogen) atoms. The molecule has 0 aliphatic rings. The van der Waals surface area contributed by atoms with E-state index in [0.29, 0.717) is 44.6 Å². The fraction of sp³-hybridized carbons (Fsp3) is 0.250. The van der Waals surface area contributed by atoms with Gasteiger partial charge < -0.3 is 35.9 Å². The number of aliphatic hydroxyl groups is 1. The van der Waals surface area contributed by atoms with Gasteiger partial charge in [-0.25, -0.2) is 4.79 Å². The number of nitrogen functional groups attached to an aromatic ring is 1. The first-order valence-electron chi connectivity index (χ1n) is 11.1. The molecule has 0 atom stereocenters. The highest BCUT2D eigenvalue weighted by molar-refractivity contribution is 6.01. The van der Waals surface area contributed by atoms with Crippen molar-refractivity contribution in [3.05, 3.63) is 58.1 Å². The zero-order valence-electron chi connectivity index (χ0n) is 19.8. The fourth-order valence-electron chi connectivity index (χ4n) is 3.84. The van der Waals surface area contributed by atoms with Crippen molar-refractivity contribution in [1.29, 1.82) is 0 Å². The second-order valence-electron chi connectivity index (χ2n) is 7.88. The van der Waals surface area contributed by atoms with Crippen LogP contribution in [0.25, 0.3) is 21.8 Å². The van der Waals surface area contributed by atoms with Gasteiger partial charge in [0.15, 0.2) is 11.5 Å². The number of nitrogens with one attached hydrogen (secondary N) is 3. The number of methoxy groups -OCH3 is 2. The van der Waals surface area contributed by atoms with Gasteiger partial charge in [-0.1, -0.05) is 0 Å². The zero-order valence-corrected chi connectivity index (χ0v) is 19.8. The molecule has 0 spiro atoms. The minimum Gasteiger partial charge on any atom is -0.493 e. The number of amides is 2. The van der Waals surface area contributed by atoms with Gasteiger partial charge in [-0.15, -0.1) is 0 Å². The standard InChI is InChI=1S/C24H26N6O6/c1-35-19-11-15-17(12-20(19)36-2)29-24(34)30(21(15)25)7-5-26-23(33)18-10-14-9-13(3-4-16(14)28-18)22(32)27-6-8-31/h3-4,9-12,28,31H,5-8,25H2,1-2H3,(H,26,33)(H,27,32). The number of carbonyl (C=O) groups is 2. The molecule has 4 aromatic rings. The van der Waals surface area contributed by atoms with Gasteiger partial charge in [0.1, 0.15) is 11.5 Å². The van der Waals surface area contributed by atoms with Gasteiger partial charge in [0.25, 0.3) is 11.8 Å². The second kappa shape index (κ2) is 10.4. The Hall–Kier alpha value is -4.58. The highest BCUT2D eigenvalue weighted by Crippen LogP contribution is 2.32. The van der Waals surface area contributed by atoms with Crippen molar-refractivity contribution in [2.75, 3.05) is 39.6 Å². The number of rotatable bonds is 9. The summed E-state index contributed by atoms with van der Waals surface area (Å²) in [5, 5.41) is 15.4. The minimum absolute atomic E-state index is 0.100. The third kappa shape index (κ3) is 4.79. The highest BCUT2D eigenvalue weighted by atomic mass is 16.5. The monoisotopic (exact) mass is 494 g/mol. The first kappa shape index (κ1) is 24.5. The Labute approximate surface area is 205 Å². The van der Waals surface area contributed by atoms with Crippen LogP contribution in [0.5, 0.6) is 11.5 Å². The zero-order chi connectivity index (χ0) is 25.8. The average Bonchev–Trinajstić information content (AvgIpc) is 3.32. The third-order valence-electron chi connectivity index (χ3n) is 5.66. The lowest BCUT2D eigenvalue weighted by Gasteiger charge is -2.14. The molecule has 2 aromatic carbocycles. The van der Waals surface area contributed by atoms with E-state index < -0.39 is 5.69 Å². The summed E-state index contributed by atoms with van der Waals surface area (Å²) in [6.07, 6.45) is 0. The number of hydrogen-bond donors (Lipinski definition) is 5. The van der Waals surface area contributed by atoms with Crippen LogP contribution in [0.3, 0.4) is 0 Å². The molecule has 6 N–H and O–H groups in total. The maximum atomic E-state index is 12.7. The second-order valence-corrected chi connectivity index (χ2v) is 7.88. The number of nitrogens with two attached hydrogens (primary N) is 1. The van der Waals surface area contributed by atoms with Crippen LogP contribution < -0.4 is 31.5 Å². The summed E-state index contributed by atoms with van der Waals surface area (Å²) in [5.74, 6) is 0.366. The van der Waals surface area contributed by atoms with E-state index in [1.807, 2.05) is 0 Å². The molecule has 0 saturated heterocycles. The normalized spacial score (nSPS) is 11.0. The number of benzene rings is 2. The van der Waals surface area contributed by atoms with E-state index >= 15 is 0 Å². The predicted molar refractivity (Wildman–Crippen MR) is 134 cm³/mol. The number of aromatic amines is 1. The van der Waals surface area contributed by atoms with Gasteiger partial charge in [0, 0.05) is 47.6 Å². The number of nitrogens with zero attached hydrogens (tertiary/aromatic N) is 2. The van der Waals surface area contributed by atoms with Crippen molar-refractivity contribution in [3.8, 4) is 11.5 Å².